The number of para-hydroxylation sites is 1. The lowest BCUT2D eigenvalue weighted by atomic mass is 9.71. The van der Waals surface area contributed by atoms with E-state index in [9.17, 15) is 14.7 Å². The minimum absolute atomic E-state index is 0.0421. The molecule has 7 unspecified atom stereocenters. The predicted octanol–water partition coefficient (Wildman–Crippen LogP) is 3.59. The summed E-state index contributed by atoms with van der Waals surface area (Å²) < 4.78 is 17.2. The molecule has 0 radical (unpaired) electrons. The molecular formula is C25H30O6. The van der Waals surface area contributed by atoms with Gasteiger partial charge < -0.3 is 19.3 Å². The highest BCUT2D eigenvalue weighted by Crippen LogP contribution is 2.51. The molecule has 2 aliphatic heterocycles. The number of ether oxygens (including phenoxy) is 3. The van der Waals surface area contributed by atoms with E-state index in [1.165, 1.54) is 0 Å². The lowest BCUT2D eigenvalue weighted by molar-refractivity contribution is -0.147. The van der Waals surface area contributed by atoms with Crippen LogP contribution >= 0.6 is 0 Å². The summed E-state index contributed by atoms with van der Waals surface area (Å²) in [6.07, 6.45) is 3.04. The van der Waals surface area contributed by atoms with Gasteiger partial charge in [0.1, 0.15) is 11.9 Å². The van der Waals surface area contributed by atoms with Crippen LogP contribution in [0.15, 0.2) is 54.6 Å². The number of carbonyl (C=O) groups excluding carboxylic acids is 2. The average Bonchev–Trinajstić information content (AvgIpc) is 3.48. The number of fused-ring (bicyclic) bond motifs is 2. The molecule has 1 aromatic carbocycles. The fourth-order valence-electron chi connectivity index (χ4n) is 5.42. The van der Waals surface area contributed by atoms with Crippen LogP contribution in [-0.2, 0) is 19.1 Å². The van der Waals surface area contributed by atoms with Crippen LogP contribution < -0.4 is 4.74 Å². The van der Waals surface area contributed by atoms with Crippen molar-refractivity contribution in [2.45, 2.75) is 63.4 Å². The van der Waals surface area contributed by atoms with E-state index in [1.54, 1.807) is 31.2 Å². The van der Waals surface area contributed by atoms with E-state index in [0.717, 1.165) is 25.7 Å². The maximum absolute atomic E-state index is 12.5. The van der Waals surface area contributed by atoms with Crippen LogP contribution in [0.4, 0.5) is 0 Å². The molecule has 1 N–H and O–H groups in total. The van der Waals surface area contributed by atoms with Crippen molar-refractivity contribution in [1.29, 1.82) is 0 Å². The molecule has 0 amide bonds. The third-order valence-electron chi connectivity index (χ3n) is 6.90. The third-order valence-corrected chi connectivity index (χ3v) is 6.90. The van der Waals surface area contributed by atoms with Gasteiger partial charge in [0.05, 0.1) is 23.9 Å². The number of carbonyl (C=O) groups is 2. The fourth-order valence-corrected chi connectivity index (χ4v) is 5.42. The maximum Gasteiger partial charge on any atom is 0.341 e. The number of aliphatic hydroxyl groups excluding tert-OH is 1. The molecule has 6 heteroatoms. The SMILES string of the molecule is C=C(C)C(=O)OC1CCCC1C1CC2CC(C(O)C(=C)C(=O)Oc3ccccc3)C1O2. The molecule has 2 saturated heterocycles. The Labute approximate surface area is 182 Å². The van der Waals surface area contributed by atoms with Crippen molar-refractivity contribution in [3.05, 3.63) is 54.6 Å². The molecule has 0 spiro atoms. The van der Waals surface area contributed by atoms with Crippen LogP contribution in [0.2, 0.25) is 0 Å². The van der Waals surface area contributed by atoms with Gasteiger partial charge in [-0.25, -0.2) is 9.59 Å². The molecule has 2 bridgehead atoms. The van der Waals surface area contributed by atoms with E-state index < -0.39 is 12.1 Å². The Morgan fingerprint density at radius 2 is 1.84 bits per heavy atom. The molecule has 1 aromatic rings. The zero-order valence-electron chi connectivity index (χ0n) is 17.9. The first-order chi connectivity index (χ1) is 14.8. The normalized spacial score (nSPS) is 32.5. The van der Waals surface area contributed by atoms with Crippen molar-refractivity contribution in [3.63, 3.8) is 0 Å². The molecule has 1 aliphatic carbocycles. The van der Waals surface area contributed by atoms with Gasteiger partial charge in [-0.2, -0.15) is 0 Å². The van der Waals surface area contributed by atoms with Crippen LogP contribution in [0.5, 0.6) is 5.75 Å². The Hall–Kier alpha value is -2.44. The van der Waals surface area contributed by atoms with Gasteiger partial charge in [-0.15, -0.1) is 0 Å². The molecule has 2 heterocycles. The zero-order chi connectivity index (χ0) is 22.1. The van der Waals surface area contributed by atoms with Crippen molar-refractivity contribution in [1.82, 2.24) is 0 Å². The average molecular weight is 427 g/mol. The fraction of sp³-hybridized carbons (Fsp3) is 0.520. The molecule has 3 aliphatic rings. The first-order valence-electron chi connectivity index (χ1n) is 11.0. The topological polar surface area (TPSA) is 82.1 Å². The monoisotopic (exact) mass is 426 g/mol. The largest absolute Gasteiger partial charge is 0.459 e. The van der Waals surface area contributed by atoms with Crippen molar-refractivity contribution in [2.24, 2.45) is 17.8 Å². The molecule has 6 nitrogen and oxygen atoms in total. The van der Waals surface area contributed by atoms with E-state index in [4.69, 9.17) is 14.2 Å². The van der Waals surface area contributed by atoms with Crippen molar-refractivity contribution in [3.8, 4) is 5.75 Å². The van der Waals surface area contributed by atoms with Crippen molar-refractivity contribution < 1.29 is 28.9 Å². The molecule has 0 aromatic heterocycles. The Morgan fingerprint density at radius 1 is 1.10 bits per heavy atom. The lowest BCUT2D eigenvalue weighted by Crippen LogP contribution is -2.42. The quantitative estimate of drug-likeness (QED) is 0.408. The second-order valence-corrected chi connectivity index (χ2v) is 9.01. The Morgan fingerprint density at radius 3 is 2.52 bits per heavy atom. The summed E-state index contributed by atoms with van der Waals surface area (Å²) in [6.45, 7) is 9.14. The minimum Gasteiger partial charge on any atom is -0.459 e. The van der Waals surface area contributed by atoms with Crippen molar-refractivity contribution in [2.75, 3.05) is 0 Å². The summed E-state index contributed by atoms with van der Waals surface area (Å²) in [4.78, 5) is 24.6. The molecule has 1 saturated carbocycles. The Bertz CT molecular complexity index is 862. The second-order valence-electron chi connectivity index (χ2n) is 9.01. The first-order valence-corrected chi connectivity index (χ1v) is 11.0. The number of hydrogen-bond acceptors (Lipinski definition) is 6. The number of aliphatic hydroxyl groups is 1. The number of esters is 2. The van der Waals surface area contributed by atoms with Crippen LogP contribution in [-0.4, -0.2) is 41.5 Å². The van der Waals surface area contributed by atoms with E-state index in [0.29, 0.717) is 17.7 Å². The van der Waals surface area contributed by atoms with Gasteiger partial charge in [0.15, 0.2) is 0 Å². The van der Waals surface area contributed by atoms with Crippen LogP contribution in [0.25, 0.3) is 0 Å². The molecule has 7 atom stereocenters. The van der Waals surface area contributed by atoms with E-state index in [1.807, 2.05) is 6.07 Å². The summed E-state index contributed by atoms with van der Waals surface area (Å²) in [5.74, 6) is -0.421. The van der Waals surface area contributed by atoms with Gasteiger partial charge in [-0.05, 0) is 57.1 Å². The molecule has 31 heavy (non-hydrogen) atoms. The van der Waals surface area contributed by atoms with E-state index in [2.05, 4.69) is 13.2 Å². The van der Waals surface area contributed by atoms with E-state index >= 15 is 0 Å². The highest BCUT2D eigenvalue weighted by molar-refractivity contribution is 5.90. The second kappa shape index (κ2) is 8.97. The van der Waals surface area contributed by atoms with Gasteiger partial charge in [-0.1, -0.05) is 31.4 Å². The minimum atomic E-state index is -1.04. The van der Waals surface area contributed by atoms with Gasteiger partial charge in [0, 0.05) is 17.4 Å². The Kier molecular flexibility index (Phi) is 6.30. The van der Waals surface area contributed by atoms with Gasteiger partial charge >= 0.3 is 11.9 Å². The number of benzene rings is 1. The van der Waals surface area contributed by atoms with E-state index in [-0.39, 0.29) is 47.6 Å². The lowest BCUT2D eigenvalue weighted by Gasteiger charge is -2.35. The standard InChI is InChI=1S/C25H30O6/c1-14(2)24(27)31-21-11-7-10-18(21)19-12-17-13-20(23(19)29-17)22(26)15(3)25(28)30-16-8-5-4-6-9-16/h4-6,8-9,17-23,26H,1,3,7,10-13H2,2H3. The highest BCUT2D eigenvalue weighted by atomic mass is 16.5. The summed E-state index contributed by atoms with van der Waals surface area (Å²) in [7, 11) is 0. The van der Waals surface area contributed by atoms with Gasteiger partial charge in [0.25, 0.3) is 0 Å². The number of hydrogen-bond donors (Lipinski definition) is 1. The highest BCUT2D eigenvalue weighted by Gasteiger charge is 2.55. The predicted molar refractivity (Wildman–Crippen MR) is 114 cm³/mol. The third kappa shape index (κ3) is 4.46. The van der Waals surface area contributed by atoms with Gasteiger partial charge in [0.2, 0.25) is 0 Å². The zero-order valence-corrected chi connectivity index (χ0v) is 17.9. The van der Waals surface area contributed by atoms with Crippen molar-refractivity contribution >= 4 is 11.9 Å². The summed E-state index contributed by atoms with van der Waals surface area (Å²) in [6, 6.07) is 8.74. The van der Waals surface area contributed by atoms with Crippen LogP contribution in [0.1, 0.15) is 39.0 Å². The summed E-state index contributed by atoms with van der Waals surface area (Å²) >= 11 is 0. The molecule has 4 rings (SSSR count). The Balaban J connectivity index is 1.41. The molecule has 166 valence electrons. The maximum atomic E-state index is 12.5. The first kappa shape index (κ1) is 21.8. The molecular weight excluding hydrogens is 396 g/mol. The molecule has 3 fully saturated rings. The van der Waals surface area contributed by atoms with Gasteiger partial charge in [-0.3, -0.25) is 0 Å². The van der Waals surface area contributed by atoms with Crippen LogP contribution in [0, 0.1) is 17.8 Å². The summed E-state index contributed by atoms with van der Waals surface area (Å²) in [5, 5.41) is 11.0. The smallest absolute Gasteiger partial charge is 0.341 e. The van der Waals surface area contributed by atoms with Crippen LogP contribution in [0.3, 0.4) is 0 Å². The summed E-state index contributed by atoms with van der Waals surface area (Å²) in [5.41, 5.74) is 0.441. The number of rotatable bonds is 7.